The number of hydrogen-bond donors (Lipinski definition) is 1. The van der Waals surface area contributed by atoms with Crippen molar-refractivity contribution < 1.29 is 22.1 Å². The van der Waals surface area contributed by atoms with Crippen LogP contribution in [0.15, 0.2) is 84.9 Å². The van der Waals surface area contributed by atoms with Crippen LogP contribution in [0.1, 0.15) is 41.1 Å². The van der Waals surface area contributed by atoms with Crippen molar-refractivity contribution in [3.8, 4) is 0 Å². The fraction of sp³-hybridized carbons (Fsp3) is 0.280. The number of halogens is 1. The van der Waals surface area contributed by atoms with Gasteiger partial charge in [0.05, 0.1) is 11.6 Å². The van der Waals surface area contributed by atoms with Crippen molar-refractivity contribution in [3.63, 3.8) is 0 Å². The molecule has 3 aromatic rings. The lowest BCUT2D eigenvalue weighted by Gasteiger charge is -2.42. The van der Waals surface area contributed by atoms with Crippen molar-refractivity contribution in [1.29, 1.82) is 0 Å². The molecule has 1 saturated heterocycles. The number of piperidine rings is 1. The van der Waals surface area contributed by atoms with E-state index in [1.165, 1.54) is 16.7 Å². The second kappa shape index (κ2) is 9.04. The second-order valence-electron chi connectivity index (χ2n) is 7.60. The van der Waals surface area contributed by atoms with Gasteiger partial charge in [-0.3, -0.25) is 4.90 Å². The van der Waals surface area contributed by atoms with Gasteiger partial charge in [-0.05, 0) is 42.0 Å². The van der Waals surface area contributed by atoms with Crippen LogP contribution in [-0.4, -0.2) is 23.1 Å². The van der Waals surface area contributed by atoms with Crippen molar-refractivity contribution in [3.05, 3.63) is 107 Å². The van der Waals surface area contributed by atoms with Crippen LogP contribution < -0.4 is 17.0 Å². The Labute approximate surface area is 178 Å². The molecule has 2 nitrogen and oxygen atoms in total. The first-order valence-corrected chi connectivity index (χ1v) is 9.80. The van der Waals surface area contributed by atoms with Crippen LogP contribution in [0.3, 0.4) is 0 Å². The van der Waals surface area contributed by atoms with Crippen LogP contribution in [0.4, 0.5) is 0 Å². The molecular weight excluding hydrogens is 410 g/mol. The maximum absolute atomic E-state index is 11.2. The van der Waals surface area contributed by atoms with E-state index in [-0.39, 0.29) is 23.0 Å². The lowest BCUT2D eigenvalue weighted by Crippen LogP contribution is -3.00. The van der Waals surface area contributed by atoms with E-state index in [9.17, 15) is 5.11 Å². The Bertz CT molecular complexity index is 873. The molecule has 146 valence electrons. The van der Waals surface area contributed by atoms with Gasteiger partial charge >= 0.3 is 0 Å². The zero-order valence-electron chi connectivity index (χ0n) is 16.3. The van der Waals surface area contributed by atoms with Gasteiger partial charge in [0.15, 0.2) is 0 Å². The summed E-state index contributed by atoms with van der Waals surface area (Å²) >= 11 is 0. The molecule has 28 heavy (non-hydrogen) atoms. The fourth-order valence-corrected chi connectivity index (χ4v) is 4.31. The van der Waals surface area contributed by atoms with Gasteiger partial charge in [0.25, 0.3) is 0 Å². The van der Waals surface area contributed by atoms with Gasteiger partial charge in [0.1, 0.15) is 0 Å². The van der Waals surface area contributed by atoms with E-state index < -0.39 is 5.60 Å². The van der Waals surface area contributed by atoms with E-state index in [4.69, 9.17) is 0 Å². The number of benzene rings is 3. The van der Waals surface area contributed by atoms with Crippen LogP contribution in [0, 0.1) is 6.92 Å². The number of rotatable bonds is 4. The normalized spacial score (nSPS) is 17.5. The monoisotopic (exact) mass is 436 g/mol. The minimum absolute atomic E-state index is 0. The van der Waals surface area contributed by atoms with Gasteiger partial charge in [0.2, 0.25) is 0 Å². The van der Waals surface area contributed by atoms with Gasteiger partial charge < -0.3 is 22.1 Å². The molecule has 0 aliphatic carbocycles. The van der Waals surface area contributed by atoms with Gasteiger partial charge in [-0.25, -0.2) is 0 Å². The predicted octanol–water partition coefficient (Wildman–Crippen LogP) is 2.07. The predicted molar refractivity (Wildman–Crippen MR) is 111 cm³/mol. The fourth-order valence-electron chi connectivity index (χ4n) is 4.31. The third kappa shape index (κ3) is 4.22. The second-order valence-corrected chi connectivity index (χ2v) is 7.60. The minimum atomic E-state index is -0.718. The molecule has 0 amide bonds. The zero-order valence-corrected chi connectivity index (χ0v) is 17.8. The standard InChI is InChI=1S/C25H27NO.BrH/c1-20-10-8-9-15-23(20)24(21-11-4-2-5-12-21)26-18-16-25(27,17-19-26)22-13-6-3-7-14-22;/h2-15,24,27H,16-19H2,1H3;1H/p-1. The largest absolute Gasteiger partial charge is 1.00 e. The van der Waals surface area contributed by atoms with Crippen LogP contribution >= 0.6 is 0 Å². The summed E-state index contributed by atoms with van der Waals surface area (Å²) in [5.74, 6) is 0. The van der Waals surface area contributed by atoms with E-state index in [1.54, 1.807) is 0 Å². The van der Waals surface area contributed by atoms with E-state index in [0.717, 1.165) is 31.5 Å². The Morgan fingerprint density at radius 2 is 1.32 bits per heavy atom. The highest BCUT2D eigenvalue weighted by atomic mass is 79.9. The highest BCUT2D eigenvalue weighted by Crippen LogP contribution is 2.38. The summed E-state index contributed by atoms with van der Waals surface area (Å²) < 4.78 is 0. The molecule has 3 heteroatoms. The van der Waals surface area contributed by atoms with E-state index in [2.05, 4.69) is 66.4 Å². The summed E-state index contributed by atoms with van der Waals surface area (Å²) in [6, 6.07) is 29.8. The smallest absolute Gasteiger partial charge is 0.0920 e. The first kappa shape index (κ1) is 20.8. The third-order valence-corrected chi connectivity index (χ3v) is 5.90. The lowest BCUT2D eigenvalue weighted by molar-refractivity contribution is -0.0325. The van der Waals surface area contributed by atoms with Crippen molar-refractivity contribution >= 4 is 0 Å². The van der Waals surface area contributed by atoms with Crippen molar-refractivity contribution in [2.75, 3.05) is 13.1 Å². The molecule has 4 rings (SSSR count). The number of aryl methyl sites for hydroxylation is 1. The molecule has 3 aromatic carbocycles. The van der Waals surface area contributed by atoms with Gasteiger partial charge in [0, 0.05) is 13.1 Å². The average Bonchev–Trinajstić information content (AvgIpc) is 2.73. The Morgan fingerprint density at radius 1 is 0.786 bits per heavy atom. The third-order valence-electron chi connectivity index (χ3n) is 5.90. The minimum Gasteiger partial charge on any atom is -1.00 e. The van der Waals surface area contributed by atoms with E-state index in [0.29, 0.717) is 0 Å². The van der Waals surface area contributed by atoms with Gasteiger partial charge in [-0.1, -0.05) is 84.9 Å². The van der Waals surface area contributed by atoms with Crippen LogP contribution in [-0.2, 0) is 5.60 Å². The number of likely N-dealkylation sites (tertiary alicyclic amines) is 1. The molecule has 1 atom stereocenters. The molecule has 0 spiro atoms. The Hall–Kier alpha value is -1.94. The molecular formula is C25H27BrNO-. The summed E-state index contributed by atoms with van der Waals surface area (Å²) in [6.07, 6.45) is 1.51. The number of hydrogen-bond acceptors (Lipinski definition) is 2. The maximum atomic E-state index is 11.2. The maximum Gasteiger partial charge on any atom is 0.0920 e. The average molecular weight is 437 g/mol. The SMILES string of the molecule is Cc1ccccc1C(c1ccccc1)N1CCC(O)(c2ccccc2)CC1.[Br-]. The molecule has 1 aliphatic heterocycles. The molecule has 1 unspecified atom stereocenters. The van der Waals surface area contributed by atoms with Crippen molar-refractivity contribution in [2.24, 2.45) is 0 Å². The zero-order chi connectivity index (χ0) is 18.7. The van der Waals surface area contributed by atoms with E-state index >= 15 is 0 Å². The highest BCUT2D eigenvalue weighted by Gasteiger charge is 2.36. The summed E-state index contributed by atoms with van der Waals surface area (Å²) in [6.45, 7) is 3.94. The molecule has 0 saturated carbocycles. The van der Waals surface area contributed by atoms with Crippen LogP contribution in [0.2, 0.25) is 0 Å². The first-order valence-electron chi connectivity index (χ1n) is 9.80. The number of aliphatic hydroxyl groups is 1. The van der Waals surface area contributed by atoms with Crippen LogP contribution in [0.5, 0.6) is 0 Å². The topological polar surface area (TPSA) is 23.5 Å². The molecule has 0 aromatic heterocycles. The summed E-state index contributed by atoms with van der Waals surface area (Å²) in [7, 11) is 0. The van der Waals surface area contributed by atoms with E-state index in [1.807, 2.05) is 30.3 Å². The highest BCUT2D eigenvalue weighted by molar-refractivity contribution is 5.37. The van der Waals surface area contributed by atoms with Crippen molar-refractivity contribution in [2.45, 2.75) is 31.4 Å². The molecule has 0 bridgehead atoms. The Kier molecular flexibility index (Phi) is 6.71. The summed E-state index contributed by atoms with van der Waals surface area (Å²) in [5, 5.41) is 11.2. The number of nitrogens with zero attached hydrogens (tertiary/aromatic N) is 1. The molecule has 0 radical (unpaired) electrons. The molecule has 1 aliphatic rings. The van der Waals surface area contributed by atoms with Crippen LogP contribution in [0.25, 0.3) is 0 Å². The molecule has 1 heterocycles. The lowest BCUT2D eigenvalue weighted by atomic mass is 9.83. The Morgan fingerprint density at radius 3 is 1.93 bits per heavy atom. The van der Waals surface area contributed by atoms with Crippen molar-refractivity contribution in [1.82, 2.24) is 4.90 Å². The first-order chi connectivity index (χ1) is 13.2. The molecule has 1 N–H and O–H groups in total. The van der Waals surface area contributed by atoms with Gasteiger partial charge in [-0.15, -0.1) is 0 Å². The molecule has 1 fully saturated rings. The summed E-state index contributed by atoms with van der Waals surface area (Å²) in [4.78, 5) is 2.52. The van der Waals surface area contributed by atoms with Gasteiger partial charge in [-0.2, -0.15) is 0 Å². The quantitative estimate of drug-likeness (QED) is 0.676. The Balaban J connectivity index is 0.00000225. The summed E-state index contributed by atoms with van der Waals surface area (Å²) in [5.41, 5.74) is 4.31.